The molecule has 0 aromatic rings. The zero-order valence-electron chi connectivity index (χ0n) is 12.5. The quantitative estimate of drug-likeness (QED) is 0.602. The van der Waals surface area contributed by atoms with Crippen LogP contribution in [0.4, 0.5) is 0 Å². The summed E-state index contributed by atoms with van der Waals surface area (Å²) in [6.07, 6.45) is 1.66. The van der Waals surface area contributed by atoms with Crippen molar-refractivity contribution in [3.05, 3.63) is 0 Å². The normalized spacial score (nSPS) is 21.3. The van der Waals surface area contributed by atoms with Crippen LogP contribution < -0.4 is 5.73 Å². The lowest BCUT2D eigenvalue weighted by atomic mass is 9.79. The first kappa shape index (κ1) is 16.4. The maximum atomic E-state index is 12.0. The van der Waals surface area contributed by atoms with Gasteiger partial charge in [0.1, 0.15) is 0 Å². The van der Waals surface area contributed by atoms with E-state index in [0.717, 1.165) is 25.9 Å². The zero-order valence-corrected chi connectivity index (χ0v) is 13.3. The highest BCUT2D eigenvalue weighted by Gasteiger charge is 2.34. The number of hydrogen-bond acceptors (Lipinski definition) is 4. The van der Waals surface area contributed by atoms with Crippen molar-refractivity contribution < 1.29 is 8.42 Å². The average molecular weight is 289 g/mol. The molecule has 1 aliphatic rings. The van der Waals surface area contributed by atoms with Crippen LogP contribution in [0, 0.1) is 10.8 Å². The molecule has 0 amide bonds. The minimum atomic E-state index is -3.05. The molecule has 112 valence electrons. The van der Waals surface area contributed by atoms with Gasteiger partial charge in [-0.1, -0.05) is 6.92 Å². The van der Waals surface area contributed by atoms with Crippen LogP contribution in [-0.4, -0.2) is 49.3 Å². The summed E-state index contributed by atoms with van der Waals surface area (Å²) in [5.41, 5.74) is 5.41. The molecule has 0 aliphatic carbocycles. The van der Waals surface area contributed by atoms with E-state index in [4.69, 9.17) is 11.1 Å². The second kappa shape index (κ2) is 5.40. The fourth-order valence-corrected chi connectivity index (χ4v) is 3.21. The molecule has 3 N–H and O–H groups in total. The van der Waals surface area contributed by atoms with Gasteiger partial charge in [-0.15, -0.1) is 0 Å². The molecule has 1 heterocycles. The summed E-state index contributed by atoms with van der Waals surface area (Å²) >= 11 is 0. The largest absolute Gasteiger partial charge is 0.387 e. The molecular weight excluding hydrogens is 262 g/mol. The summed E-state index contributed by atoms with van der Waals surface area (Å²) in [5, 5.41) is 7.60. The van der Waals surface area contributed by atoms with Crippen LogP contribution in [0.5, 0.6) is 0 Å². The van der Waals surface area contributed by atoms with E-state index in [-0.39, 0.29) is 17.0 Å². The molecule has 0 aromatic heterocycles. The molecule has 0 bridgehead atoms. The van der Waals surface area contributed by atoms with E-state index in [9.17, 15) is 8.42 Å². The number of hydrogen-bond donors (Lipinski definition) is 2. The summed E-state index contributed by atoms with van der Waals surface area (Å²) in [5.74, 6) is 0.447. The Labute approximate surface area is 117 Å². The molecule has 0 unspecified atom stereocenters. The molecule has 19 heavy (non-hydrogen) atoms. The molecule has 1 aliphatic heterocycles. The highest BCUT2D eigenvalue weighted by Crippen LogP contribution is 2.30. The minimum Gasteiger partial charge on any atom is -0.387 e. The van der Waals surface area contributed by atoms with Gasteiger partial charge in [0.25, 0.3) is 0 Å². The van der Waals surface area contributed by atoms with E-state index in [2.05, 4.69) is 4.90 Å². The van der Waals surface area contributed by atoms with Crippen LogP contribution in [0.25, 0.3) is 0 Å². The third-order valence-corrected chi connectivity index (χ3v) is 6.81. The molecular formula is C13H27N3O2S. The first-order valence-electron chi connectivity index (χ1n) is 6.77. The summed E-state index contributed by atoms with van der Waals surface area (Å²) in [7, 11) is -3.05. The summed E-state index contributed by atoms with van der Waals surface area (Å²) in [4.78, 5) is 2.16. The van der Waals surface area contributed by atoms with Crippen molar-refractivity contribution in [2.24, 2.45) is 11.1 Å². The molecule has 1 fully saturated rings. The highest BCUT2D eigenvalue weighted by atomic mass is 32.2. The Morgan fingerprint density at radius 3 is 2.16 bits per heavy atom. The van der Waals surface area contributed by atoms with Crippen molar-refractivity contribution in [2.75, 3.05) is 25.4 Å². The molecule has 0 radical (unpaired) electrons. The first-order valence-corrected chi connectivity index (χ1v) is 8.42. The van der Waals surface area contributed by atoms with Gasteiger partial charge in [-0.05, 0) is 46.7 Å². The SMILES string of the molecule is CC1(C(=N)N)CCN(CCS(=O)(=O)C(C)(C)C)CC1. The van der Waals surface area contributed by atoms with Crippen LogP contribution in [0.1, 0.15) is 40.5 Å². The second-order valence-corrected chi connectivity index (χ2v) is 9.61. The maximum Gasteiger partial charge on any atom is 0.156 e. The monoisotopic (exact) mass is 289 g/mol. The van der Waals surface area contributed by atoms with Crippen molar-refractivity contribution in [1.29, 1.82) is 5.41 Å². The molecule has 5 nitrogen and oxygen atoms in total. The van der Waals surface area contributed by atoms with Crippen molar-refractivity contribution >= 4 is 15.7 Å². The Kier molecular flexibility index (Phi) is 4.67. The van der Waals surface area contributed by atoms with Crippen molar-refractivity contribution in [2.45, 2.75) is 45.3 Å². The standard InChI is InChI=1S/C13H27N3O2S/c1-12(2,3)19(17,18)10-9-16-7-5-13(4,6-8-16)11(14)15/h5-10H2,1-4H3,(H3,14,15). The fourth-order valence-electron chi connectivity index (χ4n) is 2.09. The molecule has 0 saturated carbocycles. The van der Waals surface area contributed by atoms with Crippen LogP contribution in [-0.2, 0) is 9.84 Å². The number of nitrogens with two attached hydrogens (primary N) is 1. The molecule has 1 rings (SSSR count). The van der Waals surface area contributed by atoms with Gasteiger partial charge in [-0.3, -0.25) is 5.41 Å². The van der Waals surface area contributed by atoms with Crippen LogP contribution in [0.3, 0.4) is 0 Å². The lowest BCUT2D eigenvalue weighted by Gasteiger charge is -2.38. The number of piperidine rings is 1. The Morgan fingerprint density at radius 2 is 1.79 bits per heavy atom. The van der Waals surface area contributed by atoms with Gasteiger partial charge in [-0.2, -0.15) is 0 Å². The molecule has 0 atom stereocenters. The second-order valence-electron chi connectivity index (χ2n) is 6.75. The summed E-state index contributed by atoms with van der Waals surface area (Å²) < 4.78 is 23.4. The Hall–Kier alpha value is -0.620. The van der Waals surface area contributed by atoms with Crippen LogP contribution in [0.15, 0.2) is 0 Å². The third kappa shape index (κ3) is 3.92. The van der Waals surface area contributed by atoms with Crippen LogP contribution in [0.2, 0.25) is 0 Å². The van der Waals surface area contributed by atoms with Crippen molar-refractivity contribution in [1.82, 2.24) is 4.90 Å². The van der Waals surface area contributed by atoms with E-state index < -0.39 is 14.6 Å². The minimum absolute atomic E-state index is 0.202. The van der Waals surface area contributed by atoms with E-state index >= 15 is 0 Å². The smallest absolute Gasteiger partial charge is 0.156 e. The number of amidine groups is 1. The first-order chi connectivity index (χ1) is 8.48. The van der Waals surface area contributed by atoms with Gasteiger partial charge in [-0.25, -0.2) is 8.42 Å². The zero-order chi connectivity index (χ0) is 14.9. The number of nitrogens with zero attached hydrogens (tertiary/aromatic N) is 1. The highest BCUT2D eigenvalue weighted by molar-refractivity contribution is 7.92. The molecule has 0 aromatic carbocycles. The number of rotatable bonds is 4. The van der Waals surface area contributed by atoms with E-state index in [0.29, 0.717) is 6.54 Å². The van der Waals surface area contributed by atoms with Crippen molar-refractivity contribution in [3.63, 3.8) is 0 Å². The molecule has 1 saturated heterocycles. The number of likely N-dealkylation sites (tertiary alicyclic amines) is 1. The van der Waals surface area contributed by atoms with Gasteiger partial charge in [0.15, 0.2) is 9.84 Å². The number of sulfone groups is 1. The van der Waals surface area contributed by atoms with E-state index in [1.807, 2.05) is 6.92 Å². The lowest BCUT2D eigenvalue weighted by Crippen LogP contribution is -2.46. The van der Waals surface area contributed by atoms with Gasteiger partial charge in [0, 0.05) is 12.0 Å². The Balaban J connectivity index is 2.50. The Bertz CT molecular complexity index is 429. The summed E-state index contributed by atoms with van der Waals surface area (Å²) in [6.45, 7) is 9.44. The van der Waals surface area contributed by atoms with Gasteiger partial charge >= 0.3 is 0 Å². The van der Waals surface area contributed by atoms with E-state index in [1.54, 1.807) is 20.8 Å². The van der Waals surface area contributed by atoms with Gasteiger partial charge in [0.2, 0.25) is 0 Å². The predicted molar refractivity (Wildman–Crippen MR) is 79.2 cm³/mol. The van der Waals surface area contributed by atoms with Gasteiger partial charge in [0.05, 0.1) is 16.3 Å². The summed E-state index contributed by atoms with van der Waals surface area (Å²) in [6, 6.07) is 0. The Morgan fingerprint density at radius 1 is 1.32 bits per heavy atom. The molecule has 0 spiro atoms. The third-order valence-electron chi connectivity index (χ3n) is 4.22. The van der Waals surface area contributed by atoms with E-state index in [1.165, 1.54) is 0 Å². The maximum absolute atomic E-state index is 12.0. The number of nitrogens with one attached hydrogen (secondary N) is 1. The van der Waals surface area contributed by atoms with Crippen LogP contribution >= 0.6 is 0 Å². The topological polar surface area (TPSA) is 87.2 Å². The molecule has 6 heteroatoms. The van der Waals surface area contributed by atoms with Crippen molar-refractivity contribution in [3.8, 4) is 0 Å². The average Bonchev–Trinajstić information content (AvgIpc) is 2.26. The lowest BCUT2D eigenvalue weighted by molar-refractivity contribution is 0.170. The van der Waals surface area contributed by atoms with Gasteiger partial charge < -0.3 is 10.6 Å². The fraction of sp³-hybridized carbons (Fsp3) is 0.923. The predicted octanol–water partition coefficient (Wildman–Crippen LogP) is 1.24.